The molecule has 0 aromatic heterocycles. The van der Waals surface area contributed by atoms with Crippen molar-refractivity contribution in [3.63, 3.8) is 0 Å². The van der Waals surface area contributed by atoms with Crippen LogP contribution >= 0.6 is 0 Å². The van der Waals surface area contributed by atoms with E-state index in [2.05, 4.69) is 5.32 Å². The van der Waals surface area contributed by atoms with E-state index in [9.17, 15) is 22.4 Å². The number of carbonyl (C=O) groups excluding carboxylic acids is 2. The number of aryl methyl sites for hydroxylation is 1. The van der Waals surface area contributed by atoms with Crippen LogP contribution in [0.5, 0.6) is 0 Å². The van der Waals surface area contributed by atoms with Crippen LogP contribution in [0.25, 0.3) is 0 Å². The van der Waals surface area contributed by atoms with E-state index in [-0.39, 0.29) is 50.9 Å². The van der Waals surface area contributed by atoms with Gasteiger partial charge in [0.15, 0.2) is 0 Å². The number of halogens is 1. The number of nitrogens with one attached hydrogen (secondary N) is 1. The van der Waals surface area contributed by atoms with E-state index in [1.165, 1.54) is 6.07 Å². The Balaban J connectivity index is 1.51. The van der Waals surface area contributed by atoms with Gasteiger partial charge in [0, 0.05) is 37.4 Å². The number of rotatable bonds is 5. The summed E-state index contributed by atoms with van der Waals surface area (Å²) in [7, 11) is -4.07. The molecule has 0 spiro atoms. The lowest BCUT2D eigenvalue weighted by atomic mass is 10.1. The van der Waals surface area contributed by atoms with Gasteiger partial charge >= 0.3 is 0 Å². The second kappa shape index (κ2) is 9.20. The van der Waals surface area contributed by atoms with Gasteiger partial charge in [-0.3, -0.25) is 9.59 Å². The monoisotopic (exact) mass is 475 g/mol. The first-order valence-corrected chi connectivity index (χ1v) is 12.2. The Kier molecular flexibility index (Phi) is 6.51. The van der Waals surface area contributed by atoms with Crippen molar-refractivity contribution >= 4 is 33.2 Å². The molecule has 8 nitrogen and oxygen atoms in total. The van der Waals surface area contributed by atoms with Gasteiger partial charge < -0.3 is 15.0 Å². The lowest BCUT2D eigenvalue weighted by Crippen LogP contribution is -2.41. The largest absolute Gasteiger partial charge is 0.379 e. The zero-order valence-electron chi connectivity index (χ0n) is 18.5. The Morgan fingerprint density at radius 2 is 1.88 bits per heavy atom. The van der Waals surface area contributed by atoms with E-state index in [0.29, 0.717) is 0 Å². The number of benzene rings is 2. The minimum Gasteiger partial charge on any atom is -0.379 e. The van der Waals surface area contributed by atoms with Crippen LogP contribution in [0.15, 0.2) is 41.3 Å². The lowest BCUT2D eigenvalue weighted by molar-refractivity contribution is -0.122. The standard InChI is InChI=1S/C23H26FN3O5S/c1-15-4-3-5-20(16(15)2)27-14-17(12-22(27)28)23(29)25-18-6-7-19(24)21(13-18)33(30,31)26-8-10-32-11-9-26/h3-7,13,17H,8-12,14H2,1-2H3,(H,25,29)/t17-/m0/s1. The molecule has 176 valence electrons. The molecule has 2 aromatic rings. The number of morpholine rings is 1. The summed E-state index contributed by atoms with van der Waals surface area (Å²) >= 11 is 0. The van der Waals surface area contributed by atoms with Crippen molar-refractivity contribution in [2.24, 2.45) is 5.92 Å². The fraction of sp³-hybridized carbons (Fsp3) is 0.391. The molecule has 2 amide bonds. The van der Waals surface area contributed by atoms with Crippen LogP contribution in [0.1, 0.15) is 17.5 Å². The van der Waals surface area contributed by atoms with Crippen LogP contribution in [0.2, 0.25) is 0 Å². The second-order valence-electron chi connectivity index (χ2n) is 8.28. The summed E-state index contributed by atoms with van der Waals surface area (Å²) in [6, 6.07) is 9.13. The first kappa shape index (κ1) is 23.3. The molecule has 4 rings (SSSR count). The third kappa shape index (κ3) is 4.64. The predicted molar refractivity (Wildman–Crippen MR) is 121 cm³/mol. The van der Waals surface area contributed by atoms with Gasteiger partial charge in [-0.25, -0.2) is 12.8 Å². The average Bonchev–Trinajstić information content (AvgIpc) is 3.19. The van der Waals surface area contributed by atoms with Crippen molar-refractivity contribution in [1.29, 1.82) is 0 Å². The van der Waals surface area contributed by atoms with Crippen LogP contribution in [-0.2, 0) is 24.3 Å². The van der Waals surface area contributed by atoms with Crippen LogP contribution in [0, 0.1) is 25.6 Å². The van der Waals surface area contributed by atoms with Crippen molar-refractivity contribution in [2.45, 2.75) is 25.2 Å². The van der Waals surface area contributed by atoms with E-state index >= 15 is 0 Å². The number of sulfonamides is 1. The molecule has 1 N–H and O–H groups in total. The van der Waals surface area contributed by atoms with Crippen molar-refractivity contribution in [3.05, 3.63) is 53.3 Å². The highest BCUT2D eigenvalue weighted by atomic mass is 32.2. The molecule has 33 heavy (non-hydrogen) atoms. The SMILES string of the molecule is Cc1cccc(N2C[C@@H](C(=O)Nc3ccc(F)c(S(=O)(=O)N4CCOCC4)c3)CC2=O)c1C. The second-order valence-corrected chi connectivity index (χ2v) is 10.2. The number of ether oxygens (including phenoxy) is 1. The van der Waals surface area contributed by atoms with Gasteiger partial charge in [-0.2, -0.15) is 4.31 Å². The number of carbonyl (C=O) groups is 2. The smallest absolute Gasteiger partial charge is 0.246 e. The molecule has 2 saturated heterocycles. The maximum Gasteiger partial charge on any atom is 0.246 e. The number of amides is 2. The molecule has 2 fully saturated rings. The van der Waals surface area contributed by atoms with Gasteiger partial charge in [-0.1, -0.05) is 12.1 Å². The summed E-state index contributed by atoms with van der Waals surface area (Å²) in [4.78, 5) is 26.6. The maximum absolute atomic E-state index is 14.4. The predicted octanol–water partition coefficient (Wildman–Crippen LogP) is 2.46. The fourth-order valence-electron chi connectivity index (χ4n) is 4.09. The van der Waals surface area contributed by atoms with Crippen molar-refractivity contribution in [3.8, 4) is 0 Å². The third-order valence-corrected chi connectivity index (χ3v) is 8.06. The average molecular weight is 476 g/mol. The van der Waals surface area contributed by atoms with Gasteiger partial charge in [0.25, 0.3) is 0 Å². The molecule has 0 radical (unpaired) electrons. The minimum absolute atomic E-state index is 0.0410. The normalized spacial score (nSPS) is 19.7. The molecular formula is C23H26FN3O5S. The Morgan fingerprint density at radius 1 is 1.15 bits per heavy atom. The number of hydrogen-bond acceptors (Lipinski definition) is 5. The van der Waals surface area contributed by atoms with Gasteiger partial charge in [0.2, 0.25) is 21.8 Å². The highest BCUT2D eigenvalue weighted by Gasteiger charge is 2.36. The number of hydrogen-bond donors (Lipinski definition) is 1. The molecule has 2 heterocycles. The zero-order valence-corrected chi connectivity index (χ0v) is 19.3. The van der Waals surface area contributed by atoms with E-state index in [4.69, 9.17) is 4.74 Å². The quantitative estimate of drug-likeness (QED) is 0.717. The third-order valence-electron chi connectivity index (χ3n) is 6.15. The van der Waals surface area contributed by atoms with Crippen molar-refractivity contribution < 1.29 is 27.1 Å². The van der Waals surface area contributed by atoms with E-state index < -0.39 is 32.6 Å². The molecule has 0 aliphatic carbocycles. The molecule has 2 aliphatic heterocycles. The van der Waals surface area contributed by atoms with Gasteiger partial charge in [-0.05, 0) is 49.2 Å². The number of nitrogens with zero attached hydrogens (tertiary/aromatic N) is 2. The summed E-state index contributed by atoms with van der Waals surface area (Å²) in [6.45, 7) is 4.86. The summed E-state index contributed by atoms with van der Waals surface area (Å²) in [6.07, 6.45) is 0.0410. The summed E-state index contributed by atoms with van der Waals surface area (Å²) in [5, 5.41) is 2.65. The first-order valence-electron chi connectivity index (χ1n) is 10.7. The lowest BCUT2D eigenvalue weighted by Gasteiger charge is -2.26. The highest BCUT2D eigenvalue weighted by molar-refractivity contribution is 7.89. The Morgan fingerprint density at radius 3 is 2.61 bits per heavy atom. The Labute approximate surface area is 192 Å². The molecule has 2 aliphatic rings. The van der Waals surface area contributed by atoms with Crippen LogP contribution in [-0.4, -0.2) is 57.4 Å². The van der Waals surface area contributed by atoms with E-state index in [1.807, 2.05) is 32.0 Å². The van der Waals surface area contributed by atoms with Gasteiger partial charge in [0.1, 0.15) is 10.7 Å². The zero-order chi connectivity index (χ0) is 23.8. The molecule has 0 saturated carbocycles. The molecule has 2 aromatic carbocycles. The molecule has 0 unspecified atom stereocenters. The first-order chi connectivity index (χ1) is 15.7. The van der Waals surface area contributed by atoms with Crippen molar-refractivity contribution in [2.75, 3.05) is 43.1 Å². The maximum atomic E-state index is 14.4. The highest BCUT2D eigenvalue weighted by Crippen LogP contribution is 2.30. The summed E-state index contributed by atoms with van der Waals surface area (Å²) in [5.74, 6) is -2.07. The number of anilines is 2. The van der Waals surface area contributed by atoms with Gasteiger partial charge in [0.05, 0.1) is 19.1 Å². The molecular weight excluding hydrogens is 449 g/mol. The fourth-order valence-corrected chi connectivity index (χ4v) is 5.59. The summed E-state index contributed by atoms with van der Waals surface area (Å²) in [5.41, 5.74) is 2.96. The van der Waals surface area contributed by atoms with E-state index in [1.54, 1.807) is 4.90 Å². The summed E-state index contributed by atoms with van der Waals surface area (Å²) < 4.78 is 46.5. The van der Waals surface area contributed by atoms with Crippen LogP contribution in [0.4, 0.5) is 15.8 Å². The molecule has 1 atom stereocenters. The van der Waals surface area contributed by atoms with Crippen LogP contribution < -0.4 is 10.2 Å². The molecule has 10 heteroatoms. The topological polar surface area (TPSA) is 96.0 Å². The van der Waals surface area contributed by atoms with E-state index in [0.717, 1.165) is 33.3 Å². The van der Waals surface area contributed by atoms with Crippen LogP contribution in [0.3, 0.4) is 0 Å². The van der Waals surface area contributed by atoms with Gasteiger partial charge in [-0.15, -0.1) is 0 Å². The molecule has 0 bridgehead atoms. The Bertz CT molecular complexity index is 1190. The van der Waals surface area contributed by atoms with Crippen molar-refractivity contribution in [1.82, 2.24) is 4.31 Å². The minimum atomic E-state index is -4.07. The Hall–Kier alpha value is -2.82.